The van der Waals surface area contributed by atoms with Crippen LogP contribution in [0.25, 0.3) is 0 Å². The number of thiocarbonyl (C=S) groups is 1. The number of aromatic nitrogens is 2. The zero-order chi connectivity index (χ0) is 20.7. The standard InChI is InChI=1S/C18H18ClN5O4S/c1-22-14(17(27)28-21-22)9-23-13(16(26)24(18(23)29)12-6-7-12)8-15(25)20-11-4-2-10(19)3-5-11/h2-5,12-13H,6-9H2,1H3,(H-,20,21,25,27). The number of hydrogen-bond acceptors (Lipinski definition) is 6. The van der Waals surface area contributed by atoms with Gasteiger partial charge in [-0.25, -0.2) is 0 Å². The molecule has 29 heavy (non-hydrogen) atoms. The minimum absolute atomic E-state index is 0.0333. The van der Waals surface area contributed by atoms with Crippen LogP contribution in [0.15, 0.2) is 28.8 Å². The number of benzene rings is 1. The fourth-order valence-electron chi connectivity index (χ4n) is 3.29. The maximum Gasteiger partial charge on any atom is 0.252 e. The first-order chi connectivity index (χ1) is 13.8. The van der Waals surface area contributed by atoms with E-state index in [1.807, 2.05) is 0 Å². The van der Waals surface area contributed by atoms with Crippen molar-refractivity contribution in [3.8, 4) is 5.95 Å². The Bertz CT molecular complexity index is 956. The monoisotopic (exact) mass is 435 g/mol. The van der Waals surface area contributed by atoms with E-state index in [4.69, 9.17) is 23.8 Å². The molecule has 1 saturated carbocycles. The van der Waals surface area contributed by atoms with Crippen LogP contribution in [-0.4, -0.2) is 44.1 Å². The van der Waals surface area contributed by atoms with Crippen LogP contribution in [-0.2, 0) is 23.2 Å². The highest BCUT2D eigenvalue weighted by molar-refractivity contribution is 7.80. The van der Waals surface area contributed by atoms with Crippen molar-refractivity contribution in [3.63, 3.8) is 0 Å². The maximum absolute atomic E-state index is 13.0. The van der Waals surface area contributed by atoms with Crippen molar-refractivity contribution in [2.75, 3.05) is 5.32 Å². The Labute approximate surface area is 176 Å². The van der Waals surface area contributed by atoms with Crippen molar-refractivity contribution >= 4 is 46.4 Å². The number of halogens is 1. The van der Waals surface area contributed by atoms with E-state index in [1.54, 1.807) is 41.1 Å². The van der Waals surface area contributed by atoms with E-state index in [-0.39, 0.29) is 36.5 Å². The Kier molecular flexibility index (Phi) is 5.13. The smallest absolute Gasteiger partial charge is 0.252 e. The molecule has 1 aliphatic heterocycles. The first kappa shape index (κ1) is 19.6. The Morgan fingerprint density at radius 1 is 1.41 bits per heavy atom. The Hall–Kier alpha value is -2.72. The van der Waals surface area contributed by atoms with Gasteiger partial charge in [-0.2, -0.15) is 0 Å². The Morgan fingerprint density at radius 3 is 2.69 bits per heavy atom. The number of carbonyl (C=O) groups excluding carboxylic acids is 2. The number of amides is 2. The van der Waals surface area contributed by atoms with Gasteiger partial charge in [0.15, 0.2) is 18.1 Å². The van der Waals surface area contributed by atoms with E-state index in [1.165, 1.54) is 4.68 Å². The molecule has 1 atom stereocenters. The highest BCUT2D eigenvalue weighted by Gasteiger charge is 2.49. The normalized spacial score (nSPS) is 19.2. The van der Waals surface area contributed by atoms with Crippen LogP contribution >= 0.6 is 23.8 Å². The summed E-state index contributed by atoms with van der Waals surface area (Å²) in [6.45, 7) is 0.0333. The number of nitrogens with one attached hydrogen (secondary N) is 1. The minimum Gasteiger partial charge on any atom is -0.539 e. The van der Waals surface area contributed by atoms with Gasteiger partial charge in [0.25, 0.3) is 11.6 Å². The third-order valence-corrected chi connectivity index (χ3v) is 5.65. The van der Waals surface area contributed by atoms with Gasteiger partial charge in [0.05, 0.1) is 11.7 Å². The second-order valence-electron chi connectivity index (χ2n) is 7.06. The average molecular weight is 436 g/mol. The van der Waals surface area contributed by atoms with E-state index < -0.39 is 12.0 Å². The molecule has 11 heteroatoms. The molecule has 2 aromatic rings. The molecule has 1 saturated heterocycles. The van der Waals surface area contributed by atoms with Gasteiger partial charge >= 0.3 is 0 Å². The van der Waals surface area contributed by atoms with E-state index in [2.05, 4.69) is 15.1 Å². The number of carbonyl (C=O) groups is 2. The average Bonchev–Trinajstić information content (AvgIpc) is 3.42. The lowest BCUT2D eigenvalue weighted by Gasteiger charge is -2.22. The molecule has 1 unspecified atom stereocenters. The summed E-state index contributed by atoms with van der Waals surface area (Å²) in [7, 11) is 1.57. The molecule has 2 amide bonds. The fraction of sp³-hybridized carbons (Fsp3) is 0.389. The van der Waals surface area contributed by atoms with Gasteiger partial charge in [-0.1, -0.05) is 16.3 Å². The highest BCUT2D eigenvalue weighted by atomic mass is 35.5. The molecule has 0 bridgehead atoms. The molecular weight excluding hydrogens is 418 g/mol. The number of aryl methyl sites for hydroxylation is 1. The Balaban J connectivity index is 1.54. The Morgan fingerprint density at radius 2 is 2.10 bits per heavy atom. The highest BCUT2D eigenvalue weighted by Crippen LogP contribution is 2.34. The van der Waals surface area contributed by atoms with Crippen molar-refractivity contribution in [2.24, 2.45) is 7.05 Å². The van der Waals surface area contributed by atoms with Crippen molar-refractivity contribution in [1.29, 1.82) is 0 Å². The van der Waals surface area contributed by atoms with Crippen LogP contribution in [0.1, 0.15) is 25.0 Å². The summed E-state index contributed by atoms with van der Waals surface area (Å²) in [6.07, 6.45) is 1.64. The lowest BCUT2D eigenvalue weighted by atomic mass is 10.1. The summed E-state index contributed by atoms with van der Waals surface area (Å²) in [6, 6.07) is 5.94. The van der Waals surface area contributed by atoms with Crippen LogP contribution in [0.5, 0.6) is 5.95 Å². The van der Waals surface area contributed by atoms with Gasteiger partial charge in [0, 0.05) is 16.8 Å². The third kappa shape index (κ3) is 3.90. The van der Waals surface area contributed by atoms with Crippen LogP contribution in [0.3, 0.4) is 0 Å². The number of rotatable bonds is 6. The summed E-state index contributed by atoms with van der Waals surface area (Å²) in [5.74, 6) is -1.17. The summed E-state index contributed by atoms with van der Waals surface area (Å²) in [5.41, 5.74) is 0.825. The second-order valence-corrected chi connectivity index (χ2v) is 7.86. The van der Waals surface area contributed by atoms with E-state index in [0.29, 0.717) is 15.8 Å². The van der Waals surface area contributed by atoms with Crippen molar-refractivity contribution in [3.05, 3.63) is 35.0 Å². The molecule has 152 valence electrons. The molecule has 2 aliphatic rings. The summed E-state index contributed by atoms with van der Waals surface area (Å²) in [5, 5.41) is 19.2. The number of nitrogens with zero attached hydrogens (tertiary/aromatic N) is 4. The second kappa shape index (κ2) is 7.60. The summed E-state index contributed by atoms with van der Waals surface area (Å²) < 4.78 is 5.96. The molecular formula is C18H18ClN5O4S. The first-order valence-electron chi connectivity index (χ1n) is 9.06. The molecule has 2 fully saturated rings. The summed E-state index contributed by atoms with van der Waals surface area (Å²) in [4.78, 5) is 28.8. The predicted octanol–water partition coefficient (Wildman–Crippen LogP) is 0.715. The minimum atomic E-state index is -0.801. The molecule has 0 radical (unpaired) electrons. The van der Waals surface area contributed by atoms with Crippen molar-refractivity contribution in [2.45, 2.75) is 37.9 Å². The topological polar surface area (TPSA) is 106 Å². The van der Waals surface area contributed by atoms with E-state index >= 15 is 0 Å². The van der Waals surface area contributed by atoms with Crippen LogP contribution in [0.2, 0.25) is 5.02 Å². The first-order valence-corrected chi connectivity index (χ1v) is 9.84. The molecule has 4 rings (SSSR count). The lowest BCUT2D eigenvalue weighted by Crippen LogP contribution is -2.42. The van der Waals surface area contributed by atoms with Crippen molar-refractivity contribution in [1.82, 2.24) is 15.1 Å². The third-order valence-electron chi connectivity index (χ3n) is 4.96. The van der Waals surface area contributed by atoms with Gasteiger partial charge in [-0.05, 0) is 49.3 Å². The molecule has 1 aromatic heterocycles. The van der Waals surface area contributed by atoms with Gasteiger partial charge in [0.1, 0.15) is 12.6 Å². The van der Waals surface area contributed by atoms with Gasteiger partial charge in [-0.15, -0.1) is 0 Å². The molecule has 1 aromatic carbocycles. The molecule has 1 aliphatic carbocycles. The fourth-order valence-corrected chi connectivity index (χ4v) is 3.84. The maximum atomic E-state index is 13.0. The molecule has 2 heterocycles. The largest absolute Gasteiger partial charge is 0.539 e. The number of anilines is 1. The predicted molar refractivity (Wildman–Crippen MR) is 104 cm³/mol. The van der Waals surface area contributed by atoms with Crippen LogP contribution in [0.4, 0.5) is 5.69 Å². The van der Waals surface area contributed by atoms with Gasteiger partial charge in [0.2, 0.25) is 5.91 Å². The zero-order valence-electron chi connectivity index (χ0n) is 15.5. The molecule has 0 spiro atoms. The van der Waals surface area contributed by atoms with E-state index in [0.717, 1.165) is 12.8 Å². The zero-order valence-corrected chi connectivity index (χ0v) is 17.1. The molecule has 9 nitrogen and oxygen atoms in total. The SMILES string of the molecule is C[n+]1noc([O-])c1CN1C(=S)N(C2CC2)C(=O)C1CC(=O)Nc1ccc(Cl)cc1. The summed E-state index contributed by atoms with van der Waals surface area (Å²) >= 11 is 11.4. The van der Waals surface area contributed by atoms with Crippen LogP contribution < -0.4 is 15.1 Å². The number of hydrogen-bond donors (Lipinski definition) is 1. The van der Waals surface area contributed by atoms with Crippen molar-refractivity contribution < 1.29 is 23.9 Å². The lowest BCUT2D eigenvalue weighted by molar-refractivity contribution is -0.746. The van der Waals surface area contributed by atoms with Gasteiger partial charge in [-0.3, -0.25) is 14.5 Å². The quantitative estimate of drug-likeness (QED) is 0.526. The van der Waals surface area contributed by atoms with Gasteiger partial charge < -0.3 is 19.8 Å². The van der Waals surface area contributed by atoms with Crippen LogP contribution in [0, 0.1) is 0 Å². The van der Waals surface area contributed by atoms with E-state index in [9.17, 15) is 14.7 Å². The molecule has 1 N–H and O–H groups in total.